The molecule has 2 rings (SSSR count). The number of pyridine rings is 1. The zero-order valence-corrected chi connectivity index (χ0v) is 13.2. The topological polar surface area (TPSA) is 28.2 Å². The van der Waals surface area contributed by atoms with Gasteiger partial charge in [-0.2, -0.15) is 0 Å². The first-order valence-corrected chi connectivity index (χ1v) is 8.01. The summed E-state index contributed by atoms with van der Waals surface area (Å²) in [4.78, 5) is 6.64. The molecule has 1 aromatic heterocycles. The van der Waals surface area contributed by atoms with Crippen molar-refractivity contribution in [1.29, 1.82) is 0 Å². The molecule has 3 nitrogen and oxygen atoms in total. The highest BCUT2D eigenvalue weighted by molar-refractivity contribution is 5.10. The molecular weight excluding hydrogens is 246 g/mol. The summed E-state index contributed by atoms with van der Waals surface area (Å²) in [5, 5.41) is 3.53. The van der Waals surface area contributed by atoms with Gasteiger partial charge in [0.25, 0.3) is 0 Å². The lowest BCUT2D eigenvalue weighted by Gasteiger charge is -2.41. The van der Waals surface area contributed by atoms with Crippen molar-refractivity contribution in [3.63, 3.8) is 0 Å². The fourth-order valence-electron chi connectivity index (χ4n) is 3.45. The van der Waals surface area contributed by atoms with Crippen LogP contribution < -0.4 is 5.32 Å². The summed E-state index contributed by atoms with van der Waals surface area (Å²) in [7, 11) is 4.40. The molecule has 0 saturated heterocycles. The van der Waals surface area contributed by atoms with Gasteiger partial charge in [0.1, 0.15) is 0 Å². The molecule has 3 unspecified atom stereocenters. The molecule has 0 spiro atoms. The highest BCUT2D eigenvalue weighted by Crippen LogP contribution is 2.29. The molecule has 0 amide bonds. The monoisotopic (exact) mass is 275 g/mol. The van der Waals surface area contributed by atoms with Gasteiger partial charge in [-0.25, -0.2) is 0 Å². The molecule has 1 aromatic rings. The van der Waals surface area contributed by atoms with Crippen LogP contribution in [0.1, 0.15) is 38.2 Å². The van der Waals surface area contributed by atoms with Gasteiger partial charge in [-0.3, -0.25) is 4.98 Å². The van der Waals surface area contributed by atoms with Gasteiger partial charge in [0, 0.05) is 31.0 Å². The number of likely N-dealkylation sites (N-methyl/N-ethyl adjacent to an activating group) is 2. The number of nitrogens with zero attached hydrogens (tertiary/aromatic N) is 2. The Morgan fingerprint density at radius 1 is 1.30 bits per heavy atom. The van der Waals surface area contributed by atoms with Crippen molar-refractivity contribution in [1.82, 2.24) is 15.2 Å². The molecule has 0 radical (unpaired) electrons. The molecule has 20 heavy (non-hydrogen) atoms. The first kappa shape index (κ1) is 15.5. The van der Waals surface area contributed by atoms with Crippen LogP contribution in [-0.2, 0) is 6.42 Å². The predicted octanol–water partition coefficient (Wildman–Crippen LogP) is 2.72. The van der Waals surface area contributed by atoms with E-state index < -0.39 is 0 Å². The van der Waals surface area contributed by atoms with Gasteiger partial charge < -0.3 is 10.2 Å². The lowest BCUT2D eigenvalue weighted by molar-refractivity contribution is 0.122. The van der Waals surface area contributed by atoms with Crippen molar-refractivity contribution < 1.29 is 0 Å². The lowest BCUT2D eigenvalue weighted by atomic mass is 9.80. The SMILES string of the molecule is CCC1CCC(NC)C(N(C)CCc2ccncc2)C1. The first-order chi connectivity index (χ1) is 9.74. The second kappa shape index (κ2) is 7.75. The number of hydrogen-bond donors (Lipinski definition) is 1. The predicted molar refractivity (Wildman–Crippen MR) is 84.8 cm³/mol. The van der Waals surface area contributed by atoms with Crippen molar-refractivity contribution in [3.05, 3.63) is 30.1 Å². The number of aromatic nitrogens is 1. The minimum Gasteiger partial charge on any atom is -0.315 e. The molecule has 112 valence electrons. The van der Waals surface area contributed by atoms with Crippen molar-refractivity contribution >= 4 is 0 Å². The summed E-state index contributed by atoms with van der Waals surface area (Å²) >= 11 is 0. The standard InChI is InChI=1S/C17H29N3/c1-4-14-5-6-16(18-2)17(13-14)20(3)12-9-15-7-10-19-11-8-15/h7-8,10-11,14,16-18H,4-6,9,12-13H2,1-3H3. The summed E-state index contributed by atoms with van der Waals surface area (Å²) in [5.74, 6) is 0.910. The second-order valence-electron chi connectivity index (χ2n) is 6.14. The third-order valence-corrected chi connectivity index (χ3v) is 4.94. The molecule has 0 aliphatic heterocycles. The smallest absolute Gasteiger partial charge is 0.0270 e. The van der Waals surface area contributed by atoms with Crippen molar-refractivity contribution in [2.24, 2.45) is 5.92 Å². The molecule has 1 heterocycles. The van der Waals surface area contributed by atoms with Crippen molar-refractivity contribution in [2.45, 2.75) is 51.1 Å². The van der Waals surface area contributed by atoms with Crippen molar-refractivity contribution in [3.8, 4) is 0 Å². The molecule has 1 N–H and O–H groups in total. The van der Waals surface area contributed by atoms with Gasteiger partial charge in [-0.1, -0.05) is 13.3 Å². The Morgan fingerprint density at radius 2 is 2.05 bits per heavy atom. The quantitative estimate of drug-likeness (QED) is 0.865. The van der Waals surface area contributed by atoms with Gasteiger partial charge in [0.15, 0.2) is 0 Å². The molecule has 3 atom stereocenters. The van der Waals surface area contributed by atoms with Crippen LogP contribution in [0.5, 0.6) is 0 Å². The van der Waals surface area contributed by atoms with Crippen molar-refractivity contribution in [2.75, 3.05) is 20.6 Å². The third kappa shape index (κ3) is 4.03. The maximum atomic E-state index is 4.09. The van der Waals surface area contributed by atoms with E-state index in [0.717, 1.165) is 18.9 Å². The third-order valence-electron chi connectivity index (χ3n) is 4.94. The lowest BCUT2D eigenvalue weighted by Crippen LogP contribution is -2.51. The van der Waals surface area contributed by atoms with Crippen LogP contribution in [0.3, 0.4) is 0 Å². The molecule has 1 saturated carbocycles. The van der Waals surface area contributed by atoms with Crippen LogP contribution in [0.15, 0.2) is 24.5 Å². The largest absolute Gasteiger partial charge is 0.315 e. The van der Waals surface area contributed by atoms with E-state index in [1.54, 1.807) is 0 Å². The summed E-state index contributed by atoms with van der Waals surface area (Å²) in [6.07, 6.45) is 10.3. The van der Waals surface area contributed by atoms with E-state index in [2.05, 4.69) is 48.4 Å². The summed E-state index contributed by atoms with van der Waals surface area (Å²) in [6.45, 7) is 3.46. The number of nitrogens with one attached hydrogen (secondary N) is 1. The normalized spacial score (nSPS) is 26.9. The molecule has 0 bridgehead atoms. The van der Waals surface area contributed by atoms with Crippen LogP contribution in [0.2, 0.25) is 0 Å². The van der Waals surface area contributed by atoms with E-state index in [9.17, 15) is 0 Å². The average Bonchev–Trinajstić information content (AvgIpc) is 2.52. The van der Waals surface area contributed by atoms with Crippen LogP contribution in [0.25, 0.3) is 0 Å². The van der Waals surface area contributed by atoms with E-state index in [-0.39, 0.29) is 0 Å². The molecule has 0 aromatic carbocycles. The number of rotatable bonds is 6. The maximum Gasteiger partial charge on any atom is 0.0270 e. The summed E-state index contributed by atoms with van der Waals surface area (Å²) in [6, 6.07) is 5.58. The fourth-order valence-corrected chi connectivity index (χ4v) is 3.45. The second-order valence-corrected chi connectivity index (χ2v) is 6.14. The minimum atomic E-state index is 0.653. The Bertz CT molecular complexity index is 379. The molecule has 1 fully saturated rings. The highest BCUT2D eigenvalue weighted by atomic mass is 15.2. The Morgan fingerprint density at radius 3 is 2.70 bits per heavy atom. The van der Waals surface area contributed by atoms with Gasteiger partial charge >= 0.3 is 0 Å². The van der Waals surface area contributed by atoms with E-state index >= 15 is 0 Å². The number of hydrogen-bond acceptors (Lipinski definition) is 3. The zero-order valence-electron chi connectivity index (χ0n) is 13.2. The Labute approximate surface area is 123 Å². The molecule has 1 aliphatic carbocycles. The average molecular weight is 275 g/mol. The van der Waals surface area contributed by atoms with Gasteiger partial charge in [-0.15, -0.1) is 0 Å². The summed E-state index contributed by atoms with van der Waals surface area (Å²) in [5.41, 5.74) is 1.38. The molecular formula is C17H29N3. The highest BCUT2D eigenvalue weighted by Gasteiger charge is 2.31. The maximum absolute atomic E-state index is 4.09. The van der Waals surface area contributed by atoms with Crippen LogP contribution >= 0.6 is 0 Å². The fraction of sp³-hybridized carbons (Fsp3) is 0.706. The molecule has 1 aliphatic rings. The van der Waals surface area contributed by atoms with Gasteiger partial charge in [0.2, 0.25) is 0 Å². The first-order valence-electron chi connectivity index (χ1n) is 8.01. The summed E-state index contributed by atoms with van der Waals surface area (Å²) < 4.78 is 0. The minimum absolute atomic E-state index is 0.653. The Hall–Kier alpha value is -0.930. The van der Waals surface area contributed by atoms with Gasteiger partial charge in [0.05, 0.1) is 0 Å². The van der Waals surface area contributed by atoms with E-state index in [0.29, 0.717) is 12.1 Å². The Balaban J connectivity index is 1.90. The van der Waals surface area contributed by atoms with Crippen LogP contribution in [-0.4, -0.2) is 42.6 Å². The van der Waals surface area contributed by atoms with E-state index in [4.69, 9.17) is 0 Å². The van der Waals surface area contributed by atoms with Crippen LogP contribution in [0, 0.1) is 5.92 Å². The van der Waals surface area contributed by atoms with Crippen LogP contribution in [0.4, 0.5) is 0 Å². The van der Waals surface area contributed by atoms with Gasteiger partial charge in [-0.05, 0) is 63.4 Å². The van der Waals surface area contributed by atoms with E-state index in [1.807, 2.05) is 12.4 Å². The Kier molecular flexibility index (Phi) is 5.99. The zero-order chi connectivity index (χ0) is 14.4. The molecule has 3 heteroatoms. The van der Waals surface area contributed by atoms with E-state index in [1.165, 1.54) is 31.2 Å².